The lowest BCUT2D eigenvalue weighted by Crippen LogP contribution is -2.29. The standard InChI is InChI=1S/C42H72NO8P/c1-3-5-7-9-11-13-15-17-19-20-21-23-24-26-28-30-32-34-41(44)48-38-40(39-50-52(46,47)49-37-36-43)51-42(45)35-33-31-29-27-25-22-18-16-14-12-10-8-6-4-2/h10-13,16-19,21,23,26,28,40H,3-9,14-15,20,22,24-25,27,29-39,43H2,1-2H3,(H,46,47)/b12-10-,13-11-,18-16-,19-17-,23-21-,28-26-/t40-/m1/s1. The number of unbranched alkanes of at least 4 members (excludes halogenated alkanes) is 11. The van der Waals surface area contributed by atoms with Crippen LogP contribution in [0.2, 0.25) is 0 Å². The van der Waals surface area contributed by atoms with Crippen molar-refractivity contribution in [2.24, 2.45) is 5.73 Å². The lowest BCUT2D eigenvalue weighted by atomic mass is 10.1. The van der Waals surface area contributed by atoms with Gasteiger partial charge in [-0.25, -0.2) is 4.57 Å². The van der Waals surface area contributed by atoms with E-state index >= 15 is 0 Å². The molecule has 0 aliphatic carbocycles. The third-order valence-electron chi connectivity index (χ3n) is 7.81. The highest BCUT2D eigenvalue weighted by atomic mass is 31.2. The summed E-state index contributed by atoms with van der Waals surface area (Å²) in [5, 5.41) is 0. The largest absolute Gasteiger partial charge is 0.472 e. The highest BCUT2D eigenvalue weighted by molar-refractivity contribution is 7.47. The second-order valence-electron chi connectivity index (χ2n) is 12.8. The van der Waals surface area contributed by atoms with Gasteiger partial charge in [0.2, 0.25) is 0 Å². The van der Waals surface area contributed by atoms with E-state index in [2.05, 4.69) is 80.7 Å². The molecule has 52 heavy (non-hydrogen) atoms. The zero-order valence-electron chi connectivity index (χ0n) is 32.5. The van der Waals surface area contributed by atoms with Gasteiger partial charge in [-0.2, -0.15) is 0 Å². The molecule has 0 saturated carbocycles. The smallest absolute Gasteiger partial charge is 0.462 e. The molecule has 0 amide bonds. The fourth-order valence-corrected chi connectivity index (χ4v) is 5.58. The van der Waals surface area contributed by atoms with Gasteiger partial charge in [0.1, 0.15) is 6.61 Å². The van der Waals surface area contributed by atoms with Crippen molar-refractivity contribution in [3.63, 3.8) is 0 Å². The Balaban J connectivity index is 4.34. The van der Waals surface area contributed by atoms with Gasteiger partial charge in [-0.05, 0) is 77.0 Å². The summed E-state index contributed by atoms with van der Waals surface area (Å²) in [4.78, 5) is 34.7. The van der Waals surface area contributed by atoms with Crippen LogP contribution < -0.4 is 5.73 Å². The molecule has 298 valence electrons. The zero-order valence-corrected chi connectivity index (χ0v) is 33.4. The lowest BCUT2D eigenvalue weighted by molar-refractivity contribution is -0.161. The van der Waals surface area contributed by atoms with Crippen molar-refractivity contribution in [2.45, 2.75) is 155 Å². The van der Waals surface area contributed by atoms with E-state index in [0.29, 0.717) is 12.8 Å². The van der Waals surface area contributed by atoms with E-state index < -0.39 is 32.5 Å². The number of carbonyl (C=O) groups is 2. The van der Waals surface area contributed by atoms with E-state index in [1.807, 2.05) is 6.08 Å². The minimum Gasteiger partial charge on any atom is -0.462 e. The van der Waals surface area contributed by atoms with Gasteiger partial charge in [0, 0.05) is 19.4 Å². The summed E-state index contributed by atoms with van der Waals surface area (Å²) >= 11 is 0. The summed E-state index contributed by atoms with van der Waals surface area (Å²) < 4.78 is 32.6. The summed E-state index contributed by atoms with van der Waals surface area (Å²) in [5.41, 5.74) is 5.33. The number of rotatable bonds is 36. The Morgan fingerprint density at radius 1 is 0.577 bits per heavy atom. The Morgan fingerprint density at radius 2 is 1.04 bits per heavy atom. The quantitative estimate of drug-likeness (QED) is 0.0278. The molecule has 1 unspecified atom stereocenters. The number of nitrogens with two attached hydrogens (primary N) is 1. The van der Waals surface area contributed by atoms with E-state index in [1.165, 1.54) is 38.5 Å². The van der Waals surface area contributed by atoms with E-state index in [9.17, 15) is 19.0 Å². The van der Waals surface area contributed by atoms with Crippen molar-refractivity contribution < 1.29 is 37.6 Å². The molecule has 10 heteroatoms. The molecule has 0 aromatic carbocycles. The van der Waals surface area contributed by atoms with Crippen molar-refractivity contribution in [1.82, 2.24) is 0 Å². The van der Waals surface area contributed by atoms with E-state index in [0.717, 1.165) is 70.6 Å². The van der Waals surface area contributed by atoms with Crippen LogP contribution in [0.1, 0.15) is 149 Å². The molecule has 0 spiro atoms. The number of phosphoric ester groups is 1. The number of hydrogen-bond donors (Lipinski definition) is 2. The molecule has 0 aromatic rings. The summed E-state index contributed by atoms with van der Waals surface area (Å²) in [6, 6.07) is 0. The minimum absolute atomic E-state index is 0.0402. The van der Waals surface area contributed by atoms with Crippen LogP contribution in [0.5, 0.6) is 0 Å². The van der Waals surface area contributed by atoms with Crippen molar-refractivity contribution in [1.29, 1.82) is 0 Å². The van der Waals surface area contributed by atoms with E-state index in [4.69, 9.17) is 24.3 Å². The monoisotopic (exact) mass is 749 g/mol. The molecule has 0 heterocycles. The first-order chi connectivity index (χ1) is 25.3. The number of esters is 2. The van der Waals surface area contributed by atoms with Crippen LogP contribution in [0.4, 0.5) is 0 Å². The maximum Gasteiger partial charge on any atom is 0.472 e. The second kappa shape index (κ2) is 38.2. The molecule has 0 bridgehead atoms. The fourth-order valence-electron chi connectivity index (χ4n) is 4.82. The Kier molecular flexibility index (Phi) is 36.3. The molecule has 0 fully saturated rings. The molecule has 0 radical (unpaired) electrons. The van der Waals surface area contributed by atoms with Crippen LogP contribution in [-0.4, -0.2) is 49.3 Å². The van der Waals surface area contributed by atoms with Gasteiger partial charge in [-0.15, -0.1) is 0 Å². The Morgan fingerprint density at radius 3 is 1.60 bits per heavy atom. The minimum atomic E-state index is -4.39. The van der Waals surface area contributed by atoms with Gasteiger partial charge < -0.3 is 20.1 Å². The Labute approximate surface area is 316 Å². The second-order valence-corrected chi connectivity index (χ2v) is 14.2. The van der Waals surface area contributed by atoms with E-state index in [-0.39, 0.29) is 32.6 Å². The molecule has 0 aromatic heterocycles. The number of hydrogen-bond acceptors (Lipinski definition) is 8. The van der Waals surface area contributed by atoms with Gasteiger partial charge in [0.25, 0.3) is 0 Å². The number of carbonyl (C=O) groups excluding carboxylic acids is 2. The van der Waals surface area contributed by atoms with Crippen LogP contribution in [-0.2, 0) is 32.7 Å². The molecular weight excluding hydrogens is 677 g/mol. The van der Waals surface area contributed by atoms with Crippen molar-refractivity contribution in [3.05, 3.63) is 72.9 Å². The maximum atomic E-state index is 12.5. The highest BCUT2D eigenvalue weighted by Gasteiger charge is 2.25. The predicted molar refractivity (Wildman–Crippen MR) is 215 cm³/mol. The molecule has 0 aliphatic rings. The third kappa shape index (κ3) is 37.2. The topological polar surface area (TPSA) is 134 Å². The van der Waals surface area contributed by atoms with Crippen LogP contribution in [0.25, 0.3) is 0 Å². The molecule has 0 rings (SSSR count). The first-order valence-corrected chi connectivity index (χ1v) is 21.4. The van der Waals surface area contributed by atoms with Gasteiger partial charge in [0.15, 0.2) is 6.10 Å². The Hall–Kier alpha value is -2.55. The van der Waals surface area contributed by atoms with Crippen LogP contribution in [0, 0.1) is 0 Å². The van der Waals surface area contributed by atoms with Crippen LogP contribution >= 0.6 is 7.82 Å². The van der Waals surface area contributed by atoms with Gasteiger partial charge in [-0.1, -0.05) is 132 Å². The van der Waals surface area contributed by atoms with Crippen LogP contribution in [0.15, 0.2) is 72.9 Å². The van der Waals surface area contributed by atoms with Gasteiger partial charge in [0.05, 0.1) is 13.2 Å². The molecule has 0 aliphatic heterocycles. The number of ether oxygens (including phenoxy) is 2. The molecule has 9 nitrogen and oxygen atoms in total. The van der Waals surface area contributed by atoms with Crippen molar-refractivity contribution >= 4 is 19.8 Å². The predicted octanol–water partition coefficient (Wildman–Crippen LogP) is 11.1. The summed E-state index contributed by atoms with van der Waals surface area (Å²) in [6.07, 6.45) is 45.1. The normalized spacial score (nSPS) is 14.2. The average Bonchev–Trinajstić information content (AvgIpc) is 3.13. The van der Waals surface area contributed by atoms with Crippen molar-refractivity contribution in [2.75, 3.05) is 26.4 Å². The molecule has 3 N–H and O–H groups in total. The van der Waals surface area contributed by atoms with Gasteiger partial charge >= 0.3 is 19.8 Å². The summed E-state index contributed by atoms with van der Waals surface area (Å²) in [7, 11) is -4.39. The number of phosphoric acid groups is 1. The van der Waals surface area contributed by atoms with Crippen LogP contribution in [0.3, 0.4) is 0 Å². The summed E-state index contributed by atoms with van der Waals surface area (Å²) in [6.45, 7) is 3.55. The molecule has 2 atom stereocenters. The fraction of sp³-hybridized carbons (Fsp3) is 0.667. The number of allylic oxidation sites excluding steroid dienone is 12. The van der Waals surface area contributed by atoms with E-state index in [1.54, 1.807) is 0 Å². The molecule has 0 saturated heterocycles. The Bertz CT molecular complexity index is 1080. The summed E-state index contributed by atoms with van der Waals surface area (Å²) in [5.74, 6) is -0.919. The lowest BCUT2D eigenvalue weighted by Gasteiger charge is -2.19. The highest BCUT2D eigenvalue weighted by Crippen LogP contribution is 2.43. The first-order valence-electron chi connectivity index (χ1n) is 19.9. The average molecular weight is 750 g/mol. The van der Waals surface area contributed by atoms with Crippen molar-refractivity contribution in [3.8, 4) is 0 Å². The molecular formula is C42H72NO8P. The SMILES string of the molecule is CCCC/C=C\C/C=C\CCCCCCCC(=O)O[C@H](COC(=O)CCC/C=C\C/C=C\C/C=C\C/C=C\CCCCC)COP(=O)(O)OCCN. The first kappa shape index (κ1) is 49.5. The van der Waals surface area contributed by atoms with Gasteiger partial charge in [-0.3, -0.25) is 18.6 Å². The maximum absolute atomic E-state index is 12.5. The zero-order chi connectivity index (χ0) is 38.2. The third-order valence-corrected chi connectivity index (χ3v) is 8.80.